The molecular formula is C23H36N4O2S. The van der Waals surface area contributed by atoms with Crippen molar-refractivity contribution in [1.29, 1.82) is 0 Å². The SMILES string of the molecule is CC(=Cc1c(C)nc2sc(C(=O)N(C)CC(C)(C)C)c(C)n12)CNC[C@H]1CCCO1. The van der Waals surface area contributed by atoms with Gasteiger partial charge in [-0.2, -0.15) is 0 Å². The van der Waals surface area contributed by atoms with Crippen molar-refractivity contribution in [2.45, 2.75) is 60.5 Å². The van der Waals surface area contributed by atoms with Crippen molar-refractivity contribution in [2.75, 3.05) is 33.3 Å². The van der Waals surface area contributed by atoms with E-state index in [4.69, 9.17) is 9.72 Å². The largest absolute Gasteiger partial charge is 0.377 e. The van der Waals surface area contributed by atoms with Crippen LogP contribution in [0, 0.1) is 19.3 Å². The number of fused-ring (bicyclic) bond motifs is 1. The number of hydrogen-bond acceptors (Lipinski definition) is 5. The van der Waals surface area contributed by atoms with Crippen LogP contribution in [0.4, 0.5) is 0 Å². The summed E-state index contributed by atoms with van der Waals surface area (Å²) in [4.78, 5) is 21.3. The maximum absolute atomic E-state index is 13.1. The second kappa shape index (κ2) is 9.20. The van der Waals surface area contributed by atoms with Crippen molar-refractivity contribution in [2.24, 2.45) is 5.41 Å². The molecule has 0 saturated carbocycles. The fourth-order valence-electron chi connectivity index (χ4n) is 4.02. The Bertz CT molecular complexity index is 929. The van der Waals surface area contributed by atoms with Gasteiger partial charge in [0.15, 0.2) is 4.96 Å². The summed E-state index contributed by atoms with van der Waals surface area (Å²) in [6.45, 7) is 15.9. The molecule has 0 spiro atoms. The van der Waals surface area contributed by atoms with E-state index in [1.807, 2.05) is 25.8 Å². The Morgan fingerprint density at radius 1 is 1.40 bits per heavy atom. The average molecular weight is 433 g/mol. The molecular weight excluding hydrogens is 396 g/mol. The third-order valence-electron chi connectivity index (χ3n) is 5.36. The molecule has 1 atom stereocenters. The number of rotatable bonds is 7. The third-order valence-corrected chi connectivity index (χ3v) is 6.49. The van der Waals surface area contributed by atoms with E-state index in [9.17, 15) is 4.79 Å². The van der Waals surface area contributed by atoms with Gasteiger partial charge in [-0.15, -0.1) is 0 Å². The number of nitrogens with one attached hydrogen (secondary N) is 1. The number of amides is 1. The number of aromatic nitrogens is 2. The molecule has 7 heteroatoms. The van der Waals surface area contributed by atoms with Crippen LogP contribution in [0.25, 0.3) is 11.0 Å². The molecule has 1 aliphatic rings. The lowest BCUT2D eigenvalue weighted by Gasteiger charge is -2.26. The van der Waals surface area contributed by atoms with Crippen molar-refractivity contribution in [3.63, 3.8) is 0 Å². The number of thiazole rings is 1. The minimum absolute atomic E-state index is 0.0634. The van der Waals surface area contributed by atoms with Crippen molar-refractivity contribution >= 4 is 28.3 Å². The van der Waals surface area contributed by atoms with Crippen LogP contribution in [0.1, 0.15) is 67.3 Å². The lowest BCUT2D eigenvalue weighted by atomic mass is 9.96. The van der Waals surface area contributed by atoms with Gasteiger partial charge in [-0.1, -0.05) is 37.7 Å². The third kappa shape index (κ3) is 5.31. The first-order valence-electron chi connectivity index (χ1n) is 10.8. The smallest absolute Gasteiger partial charge is 0.265 e. The Morgan fingerprint density at radius 2 is 2.13 bits per heavy atom. The molecule has 1 saturated heterocycles. The van der Waals surface area contributed by atoms with Gasteiger partial charge >= 0.3 is 0 Å². The van der Waals surface area contributed by atoms with Gasteiger partial charge in [0.25, 0.3) is 5.91 Å². The van der Waals surface area contributed by atoms with E-state index < -0.39 is 0 Å². The zero-order chi connectivity index (χ0) is 22.1. The highest BCUT2D eigenvalue weighted by molar-refractivity contribution is 7.19. The van der Waals surface area contributed by atoms with Crippen LogP contribution in [-0.4, -0.2) is 59.6 Å². The number of hydrogen-bond donors (Lipinski definition) is 1. The molecule has 1 N–H and O–H groups in total. The second-order valence-corrected chi connectivity index (χ2v) is 10.7. The maximum atomic E-state index is 13.1. The van der Waals surface area contributed by atoms with E-state index in [2.05, 4.69) is 43.5 Å². The van der Waals surface area contributed by atoms with E-state index in [0.29, 0.717) is 12.6 Å². The van der Waals surface area contributed by atoms with Gasteiger partial charge in [0, 0.05) is 39.0 Å². The quantitative estimate of drug-likeness (QED) is 0.709. The topological polar surface area (TPSA) is 58.9 Å². The molecule has 2 aromatic heterocycles. The molecule has 166 valence electrons. The molecule has 0 aromatic carbocycles. The molecule has 30 heavy (non-hydrogen) atoms. The molecule has 0 unspecified atom stereocenters. The average Bonchev–Trinajstić information content (AvgIpc) is 3.33. The van der Waals surface area contributed by atoms with Gasteiger partial charge in [0.2, 0.25) is 0 Å². The minimum atomic E-state index is 0.0634. The van der Waals surface area contributed by atoms with Crippen molar-refractivity contribution < 1.29 is 9.53 Å². The molecule has 6 nitrogen and oxygen atoms in total. The summed E-state index contributed by atoms with van der Waals surface area (Å²) in [6, 6.07) is 0. The predicted octanol–water partition coefficient (Wildman–Crippen LogP) is 4.30. The van der Waals surface area contributed by atoms with E-state index >= 15 is 0 Å². The monoisotopic (exact) mass is 432 g/mol. The fourth-order valence-corrected chi connectivity index (χ4v) is 5.19. The highest BCUT2D eigenvalue weighted by Crippen LogP contribution is 2.29. The van der Waals surface area contributed by atoms with Crippen molar-refractivity contribution in [3.05, 3.63) is 27.5 Å². The van der Waals surface area contributed by atoms with Gasteiger partial charge in [-0.25, -0.2) is 4.98 Å². The van der Waals surface area contributed by atoms with Crippen LogP contribution < -0.4 is 5.32 Å². The first-order chi connectivity index (χ1) is 14.1. The van der Waals surface area contributed by atoms with E-state index in [-0.39, 0.29) is 11.3 Å². The Morgan fingerprint density at radius 3 is 2.77 bits per heavy atom. The summed E-state index contributed by atoms with van der Waals surface area (Å²) in [5.74, 6) is 0.0699. The van der Waals surface area contributed by atoms with E-state index in [0.717, 1.165) is 59.5 Å². The van der Waals surface area contributed by atoms with Crippen molar-refractivity contribution in [3.8, 4) is 0 Å². The molecule has 0 radical (unpaired) electrons. The normalized spacial score (nSPS) is 17.8. The minimum Gasteiger partial charge on any atom is -0.377 e. The number of carbonyl (C=O) groups is 1. The van der Waals surface area contributed by atoms with Crippen LogP contribution in [0.3, 0.4) is 0 Å². The van der Waals surface area contributed by atoms with Crippen LogP contribution in [-0.2, 0) is 4.74 Å². The molecule has 3 heterocycles. The molecule has 3 rings (SSSR count). The van der Waals surface area contributed by atoms with Gasteiger partial charge in [0.1, 0.15) is 4.88 Å². The molecule has 0 aliphatic carbocycles. The summed E-state index contributed by atoms with van der Waals surface area (Å²) in [5, 5.41) is 3.50. The van der Waals surface area contributed by atoms with Gasteiger partial charge in [-0.3, -0.25) is 9.20 Å². The first-order valence-corrected chi connectivity index (χ1v) is 11.6. The van der Waals surface area contributed by atoms with Crippen LogP contribution in [0.15, 0.2) is 5.57 Å². The molecule has 0 bridgehead atoms. The Labute approximate surface area is 184 Å². The first kappa shape index (κ1) is 23.0. The summed E-state index contributed by atoms with van der Waals surface area (Å²) in [7, 11) is 1.88. The van der Waals surface area contributed by atoms with Crippen LogP contribution >= 0.6 is 11.3 Å². The molecule has 1 amide bonds. The van der Waals surface area contributed by atoms with Gasteiger partial charge in [-0.05, 0) is 45.1 Å². The second-order valence-electron chi connectivity index (χ2n) is 9.70. The van der Waals surface area contributed by atoms with E-state index in [1.54, 1.807) is 0 Å². The molecule has 1 fully saturated rings. The van der Waals surface area contributed by atoms with Crippen molar-refractivity contribution in [1.82, 2.24) is 19.6 Å². The highest BCUT2D eigenvalue weighted by Gasteiger charge is 2.25. The Kier molecular flexibility index (Phi) is 7.05. The number of ether oxygens (including phenoxy) is 1. The number of carbonyl (C=O) groups excluding carboxylic acids is 1. The summed E-state index contributed by atoms with van der Waals surface area (Å²) < 4.78 is 7.80. The summed E-state index contributed by atoms with van der Waals surface area (Å²) in [5.41, 5.74) is 4.32. The lowest BCUT2D eigenvalue weighted by Crippen LogP contribution is -2.34. The number of imidazole rings is 1. The zero-order valence-electron chi connectivity index (χ0n) is 19.5. The van der Waals surface area contributed by atoms with Crippen LogP contribution in [0.5, 0.6) is 0 Å². The maximum Gasteiger partial charge on any atom is 0.265 e. The van der Waals surface area contributed by atoms with Gasteiger partial charge < -0.3 is 15.0 Å². The standard InChI is InChI=1S/C23H36N4O2S/c1-15(12-24-13-18-9-8-10-29-18)11-19-16(2)25-22-27(19)17(3)20(30-22)21(28)26(7)14-23(4,5)6/h11,18,24H,8-10,12-14H2,1-7H3/t18-/m1/s1. The number of aryl methyl sites for hydroxylation is 2. The summed E-state index contributed by atoms with van der Waals surface area (Å²) in [6.07, 6.45) is 4.84. The Hall–Kier alpha value is -1.70. The predicted molar refractivity (Wildman–Crippen MR) is 124 cm³/mol. The Balaban J connectivity index is 1.78. The van der Waals surface area contributed by atoms with E-state index in [1.165, 1.54) is 16.9 Å². The summed E-state index contributed by atoms with van der Waals surface area (Å²) >= 11 is 1.48. The molecule has 2 aromatic rings. The van der Waals surface area contributed by atoms with Gasteiger partial charge in [0.05, 0.1) is 17.5 Å². The number of nitrogens with zero attached hydrogens (tertiary/aromatic N) is 3. The zero-order valence-corrected chi connectivity index (χ0v) is 20.3. The highest BCUT2D eigenvalue weighted by atomic mass is 32.1. The van der Waals surface area contributed by atoms with Crippen LogP contribution in [0.2, 0.25) is 0 Å². The lowest BCUT2D eigenvalue weighted by molar-refractivity contribution is 0.0749. The molecule has 1 aliphatic heterocycles. The fraction of sp³-hybridized carbons (Fsp3) is 0.652.